The van der Waals surface area contributed by atoms with E-state index in [0.29, 0.717) is 11.7 Å². The molecule has 4 heteroatoms. The van der Waals surface area contributed by atoms with Crippen LogP contribution < -0.4 is 0 Å². The summed E-state index contributed by atoms with van der Waals surface area (Å²) >= 11 is 1.72. The molecule has 2 fully saturated rings. The minimum absolute atomic E-state index is 0.00639. The smallest absolute Gasteiger partial charge is 0.242 e. The molecule has 1 aliphatic heterocycles. The highest BCUT2D eigenvalue weighted by Crippen LogP contribution is 2.35. The van der Waals surface area contributed by atoms with Crippen LogP contribution in [-0.4, -0.2) is 34.3 Å². The Bertz CT molecular complexity index is 261. The van der Waals surface area contributed by atoms with Crippen molar-refractivity contribution >= 4 is 23.6 Å². The van der Waals surface area contributed by atoms with E-state index < -0.39 is 0 Å². The average molecular weight is 213 g/mol. The van der Waals surface area contributed by atoms with Crippen LogP contribution in [-0.2, 0) is 9.59 Å². The third kappa shape index (κ3) is 1.80. The summed E-state index contributed by atoms with van der Waals surface area (Å²) < 4.78 is 0. The third-order valence-corrected chi connectivity index (χ3v) is 4.55. The molecule has 1 atom stereocenters. The highest BCUT2D eigenvalue weighted by molar-refractivity contribution is 8.01. The molecule has 0 spiro atoms. The number of rotatable bonds is 2. The number of carbonyl (C=O) groups excluding carboxylic acids is 2. The van der Waals surface area contributed by atoms with Gasteiger partial charge in [-0.2, -0.15) is 0 Å². The number of amides is 2. The van der Waals surface area contributed by atoms with Crippen molar-refractivity contribution in [1.29, 1.82) is 0 Å². The van der Waals surface area contributed by atoms with Gasteiger partial charge < -0.3 is 0 Å². The van der Waals surface area contributed by atoms with Crippen molar-refractivity contribution in [2.45, 2.75) is 42.6 Å². The van der Waals surface area contributed by atoms with Gasteiger partial charge in [0.1, 0.15) is 0 Å². The van der Waals surface area contributed by atoms with E-state index in [1.165, 1.54) is 30.6 Å². The summed E-state index contributed by atoms with van der Waals surface area (Å²) in [5, 5.41) is 0.527. The van der Waals surface area contributed by atoms with Crippen LogP contribution >= 0.6 is 11.8 Å². The number of thioether (sulfide) groups is 1. The standard InChI is InChI=1S/C10H15NO2S/c1-11-9(12)6-8(10(11)13)14-7-4-2-3-5-7/h7-8H,2-6H2,1H3. The fourth-order valence-corrected chi connectivity index (χ4v) is 3.67. The highest BCUT2D eigenvalue weighted by atomic mass is 32.2. The van der Waals surface area contributed by atoms with Gasteiger partial charge in [-0.25, -0.2) is 0 Å². The van der Waals surface area contributed by atoms with Crippen molar-refractivity contribution in [3.05, 3.63) is 0 Å². The number of nitrogens with zero attached hydrogens (tertiary/aromatic N) is 1. The molecule has 1 saturated carbocycles. The number of carbonyl (C=O) groups is 2. The van der Waals surface area contributed by atoms with E-state index in [9.17, 15) is 9.59 Å². The van der Waals surface area contributed by atoms with E-state index in [1.54, 1.807) is 18.8 Å². The van der Waals surface area contributed by atoms with E-state index in [0.717, 1.165) is 0 Å². The van der Waals surface area contributed by atoms with Gasteiger partial charge in [-0.15, -0.1) is 11.8 Å². The molecule has 2 rings (SSSR count). The zero-order valence-corrected chi connectivity index (χ0v) is 9.18. The molecule has 2 amide bonds. The summed E-state index contributed by atoms with van der Waals surface area (Å²) in [6, 6.07) is 0. The van der Waals surface area contributed by atoms with Crippen molar-refractivity contribution in [3.8, 4) is 0 Å². The van der Waals surface area contributed by atoms with Crippen LogP contribution in [0, 0.1) is 0 Å². The minimum Gasteiger partial charge on any atom is -0.285 e. The Hall–Kier alpha value is -0.510. The topological polar surface area (TPSA) is 37.4 Å². The van der Waals surface area contributed by atoms with E-state index in [4.69, 9.17) is 0 Å². The Morgan fingerprint density at radius 2 is 1.93 bits per heavy atom. The van der Waals surface area contributed by atoms with Crippen LogP contribution in [0.4, 0.5) is 0 Å². The normalized spacial score (nSPS) is 29.2. The Labute approximate surface area is 88.2 Å². The van der Waals surface area contributed by atoms with Gasteiger partial charge in [-0.3, -0.25) is 14.5 Å². The van der Waals surface area contributed by atoms with Gasteiger partial charge in [0.25, 0.3) is 0 Å². The molecule has 1 aliphatic carbocycles. The second-order valence-corrected chi connectivity index (χ2v) is 5.53. The average Bonchev–Trinajstić information content (AvgIpc) is 2.73. The molecule has 0 bridgehead atoms. The maximum Gasteiger partial charge on any atom is 0.242 e. The Kier molecular flexibility index (Phi) is 2.81. The van der Waals surface area contributed by atoms with Crippen LogP contribution in [0.3, 0.4) is 0 Å². The number of imide groups is 1. The molecule has 1 unspecified atom stereocenters. The fourth-order valence-electron chi connectivity index (χ4n) is 2.08. The van der Waals surface area contributed by atoms with E-state index >= 15 is 0 Å². The molecule has 78 valence electrons. The summed E-state index contributed by atoms with van der Waals surface area (Å²) in [4.78, 5) is 24.1. The highest BCUT2D eigenvalue weighted by Gasteiger charge is 2.38. The number of hydrogen-bond donors (Lipinski definition) is 0. The van der Waals surface area contributed by atoms with Gasteiger partial charge >= 0.3 is 0 Å². The molecule has 1 saturated heterocycles. The first-order valence-electron chi connectivity index (χ1n) is 5.14. The number of likely N-dealkylation sites (tertiary alicyclic amines) is 1. The van der Waals surface area contributed by atoms with E-state index in [2.05, 4.69) is 0 Å². The predicted molar refractivity (Wildman–Crippen MR) is 56.0 cm³/mol. The molecule has 2 aliphatic rings. The fraction of sp³-hybridized carbons (Fsp3) is 0.800. The lowest BCUT2D eigenvalue weighted by Gasteiger charge is -2.13. The second-order valence-electron chi connectivity index (χ2n) is 4.03. The third-order valence-electron chi connectivity index (χ3n) is 3.00. The predicted octanol–water partition coefficient (Wildman–Crippen LogP) is 1.42. The van der Waals surface area contributed by atoms with Crippen LogP contribution in [0.25, 0.3) is 0 Å². The molecule has 0 aromatic carbocycles. The maximum absolute atomic E-state index is 11.6. The summed E-state index contributed by atoms with van der Waals surface area (Å²) in [6.45, 7) is 0. The van der Waals surface area contributed by atoms with Crippen molar-refractivity contribution in [2.24, 2.45) is 0 Å². The Balaban J connectivity index is 1.92. The number of hydrogen-bond acceptors (Lipinski definition) is 3. The van der Waals surface area contributed by atoms with Crippen LogP contribution in [0.1, 0.15) is 32.1 Å². The van der Waals surface area contributed by atoms with Gasteiger partial charge in [0.15, 0.2) is 0 Å². The Morgan fingerprint density at radius 3 is 2.43 bits per heavy atom. The first-order chi connectivity index (χ1) is 6.68. The van der Waals surface area contributed by atoms with Crippen molar-refractivity contribution in [1.82, 2.24) is 4.90 Å². The lowest BCUT2D eigenvalue weighted by molar-refractivity contribution is -0.136. The van der Waals surface area contributed by atoms with Gasteiger partial charge in [0, 0.05) is 18.7 Å². The molecule has 1 heterocycles. The molecule has 0 radical (unpaired) electrons. The van der Waals surface area contributed by atoms with Gasteiger partial charge in [-0.05, 0) is 12.8 Å². The van der Waals surface area contributed by atoms with Gasteiger partial charge in [0.05, 0.1) is 5.25 Å². The second kappa shape index (κ2) is 3.93. The van der Waals surface area contributed by atoms with E-state index in [1.807, 2.05) is 0 Å². The Morgan fingerprint density at radius 1 is 1.29 bits per heavy atom. The molecule has 0 aromatic heterocycles. The summed E-state index contributed by atoms with van der Waals surface area (Å²) in [5.74, 6) is -0.0163. The van der Waals surface area contributed by atoms with Crippen molar-refractivity contribution < 1.29 is 9.59 Å². The van der Waals surface area contributed by atoms with Crippen LogP contribution in [0.2, 0.25) is 0 Å². The van der Waals surface area contributed by atoms with Crippen LogP contribution in [0.15, 0.2) is 0 Å². The zero-order chi connectivity index (χ0) is 10.1. The monoisotopic (exact) mass is 213 g/mol. The lowest BCUT2D eigenvalue weighted by atomic mass is 10.3. The maximum atomic E-state index is 11.6. The lowest BCUT2D eigenvalue weighted by Crippen LogP contribution is -2.27. The minimum atomic E-state index is -0.0874. The summed E-state index contributed by atoms with van der Waals surface area (Å²) in [7, 11) is 1.58. The molecular formula is C10H15NO2S. The quantitative estimate of drug-likeness (QED) is 0.651. The molecular weight excluding hydrogens is 198 g/mol. The summed E-state index contributed by atoms with van der Waals surface area (Å²) in [5.41, 5.74) is 0. The van der Waals surface area contributed by atoms with Crippen molar-refractivity contribution in [3.63, 3.8) is 0 Å². The first kappa shape index (κ1) is 10.0. The SMILES string of the molecule is CN1C(=O)CC(SC2CCCC2)C1=O. The van der Waals surface area contributed by atoms with Gasteiger partial charge in [0.2, 0.25) is 11.8 Å². The van der Waals surface area contributed by atoms with E-state index in [-0.39, 0.29) is 17.1 Å². The molecule has 14 heavy (non-hydrogen) atoms. The van der Waals surface area contributed by atoms with Gasteiger partial charge in [-0.1, -0.05) is 12.8 Å². The summed E-state index contributed by atoms with van der Waals surface area (Å²) in [6.07, 6.45) is 5.40. The molecule has 3 nitrogen and oxygen atoms in total. The first-order valence-corrected chi connectivity index (χ1v) is 6.08. The molecule has 0 N–H and O–H groups in total. The zero-order valence-electron chi connectivity index (χ0n) is 8.36. The largest absolute Gasteiger partial charge is 0.285 e. The van der Waals surface area contributed by atoms with Crippen molar-refractivity contribution in [2.75, 3.05) is 7.05 Å². The molecule has 0 aromatic rings. The van der Waals surface area contributed by atoms with Crippen LogP contribution in [0.5, 0.6) is 0 Å².